The second-order valence-corrected chi connectivity index (χ2v) is 2.71. The average Bonchev–Trinajstić information content (AvgIpc) is 1.97. The molecule has 0 amide bonds. The van der Waals surface area contributed by atoms with E-state index in [2.05, 4.69) is 4.98 Å². The quantitative estimate of drug-likeness (QED) is 0.402. The van der Waals surface area contributed by atoms with Crippen molar-refractivity contribution in [1.29, 1.82) is 0 Å². The summed E-state index contributed by atoms with van der Waals surface area (Å²) in [6, 6.07) is 0. The highest BCUT2D eigenvalue weighted by Gasteiger charge is 2.17. The first kappa shape index (κ1) is 8.69. The van der Waals surface area contributed by atoms with Crippen LogP contribution in [0.3, 0.4) is 0 Å². The van der Waals surface area contributed by atoms with Crippen LogP contribution in [0.4, 0.5) is 17.6 Å². The lowest BCUT2D eigenvalue weighted by molar-refractivity contribution is 0.395. The van der Waals surface area contributed by atoms with Crippen molar-refractivity contribution in [3.05, 3.63) is 27.1 Å². The topological polar surface area (TPSA) is 12.9 Å². The number of hydrogen-bond donors (Lipinski definition) is 0. The Labute approximate surface area is 72.6 Å². The summed E-state index contributed by atoms with van der Waals surface area (Å²) in [4.78, 5) is 2.48. The van der Waals surface area contributed by atoms with Crippen molar-refractivity contribution in [1.82, 2.24) is 4.98 Å². The maximum Gasteiger partial charge on any atom is 0.254 e. The van der Waals surface area contributed by atoms with Crippen LogP contribution >= 0.6 is 22.6 Å². The van der Waals surface area contributed by atoms with Crippen LogP contribution in [-0.4, -0.2) is 4.98 Å². The molecule has 1 heterocycles. The summed E-state index contributed by atoms with van der Waals surface area (Å²) in [5.74, 6) is -6.41. The third-order valence-corrected chi connectivity index (χ3v) is 1.86. The first-order valence-electron chi connectivity index (χ1n) is 2.39. The molecule has 11 heavy (non-hydrogen) atoms. The molecule has 0 aliphatic rings. The molecular formula is C5F4IN. The summed E-state index contributed by atoms with van der Waals surface area (Å²) < 4.78 is 48.2. The largest absolute Gasteiger partial charge is 0.254 e. The van der Waals surface area contributed by atoms with Gasteiger partial charge in [0.05, 0.1) is 0 Å². The Balaban J connectivity index is 3.46. The van der Waals surface area contributed by atoms with Crippen LogP contribution in [0.1, 0.15) is 0 Å². The number of pyridine rings is 1. The van der Waals surface area contributed by atoms with Crippen molar-refractivity contribution in [2.75, 3.05) is 0 Å². The Bertz CT molecular complexity index is 275. The summed E-state index contributed by atoms with van der Waals surface area (Å²) >= 11 is 1.19. The molecule has 0 spiro atoms. The molecule has 0 fully saturated rings. The third-order valence-electron chi connectivity index (χ3n) is 0.944. The minimum Gasteiger partial charge on any atom is -0.202 e. The molecule has 0 atom stereocenters. The summed E-state index contributed by atoms with van der Waals surface area (Å²) in [5.41, 5.74) is 0. The Morgan fingerprint density at radius 2 is 1.45 bits per heavy atom. The highest BCUT2D eigenvalue weighted by molar-refractivity contribution is 14.1. The van der Waals surface area contributed by atoms with E-state index in [0.29, 0.717) is 0 Å². The van der Waals surface area contributed by atoms with Crippen LogP contribution in [0, 0.1) is 27.1 Å². The summed E-state index contributed by atoms with van der Waals surface area (Å²) in [5, 5.41) is 0. The van der Waals surface area contributed by atoms with Gasteiger partial charge in [0.2, 0.25) is 11.8 Å². The highest BCUT2D eigenvalue weighted by atomic mass is 127. The van der Waals surface area contributed by atoms with Gasteiger partial charge in [0, 0.05) is 0 Å². The zero-order valence-corrected chi connectivity index (χ0v) is 6.99. The molecule has 0 saturated carbocycles. The fraction of sp³-hybridized carbons (Fsp3) is 0. The molecule has 0 aromatic carbocycles. The van der Waals surface area contributed by atoms with E-state index in [0.717, 1.165) is 0 Å². The molecule has 1 aromatic rings. The van der Waals surface area contributed by atoms with Crippen LogP contribution < -0.4 is 0 Å². The van der Waals surface area contributed by atoms with Gasteiger partial charge in [-0.3, -0.25) is 0 Å². The van der Waals surface area contributed by atoms with E-state index in [-0.39, 0.29) is 0 Å². The van der Waals surface area contributed by atoms with Crippen LogP contribution in [0.5, 0.6) is 0 Å². The molecule has 1 aromatic heterocycles. The highest BCUT2D eigenvalue weighted by Crippen LogP contribution is 2.17. The zero-order chi connectivity index (χ0) is 8.59. The van der Waals surface area contributed by atoms with E-state index < -0.39 is 27.1 Å². The molecule has 0 bridgehead atoms. The van der Waals surface area contributed by atoms with E-state index in [4.69, 9.17) is 0 Å². The summed E-state index contributed by atoms with van der Waals surface area (Å²) in [6.45, 7) is 0. The van der Waals surface area contributed by atoms with Gasteiger partial charge in [0.15, 0.2) is 5.82 Å². The fourth-order valence-corrected chi connectivity index (χ4v) is 0.819. The van der Waals surface area contributed by atoms with Crippen LogP contribution in [0.25, 0.3) is 0 Å². The van der Waals surface area contributed by atoms with E-state index in [1.165, 1.54) is 22.6 Å². The van der Waals surface area contributed by atoms with E-state index in [9.17, 15) is 17.6 Å². The van der Waals surface area contributed by atoms with Gasteiger partial charge in [-0.2, -0.15) is 18.2 Å². The summed E-state index contributed by atoms with van der Waals surface area (Å²) in [6.07, 6.45) is 0. The lowest BCUT2D eigenvalue weighted by Crippen LogP contribution is -2.02. The van der Waals surface area contributed by atoms with Crippen molar-refractivity contribution >= 4 is 22.6 Å². The number of hydrogen-bond acceptors (Lipinski definition) is 1. The van der Waals surface area contributed by atoms with Gasteiger partial charge in [-0.1, -0.05) is 0 Å². The molecule has 0 unspecified atom stereocenters. The minimum absolute atomic E-state index is 0.651. The van der Waals surface area contributed by atoms with Gasteiger partial charge < -0.3 is 0 Å². The van der Waals surface area contributed by atoms with Crippen LogP contribution in [0.15, 0.2) is 0 Å². The van der Waals surface area contributed by atoms with Crippen molar-refractivity contribution in [3.63, 3.8) is 0 Å². The van der Waals surface area contributed by atoms with Crippen molar-refractivity contribution in [3.8, 4) is 0 Å². The smallest absolute Gasteiger partial charge is 0.202 e. The second-order valence-electron chi connectivity index (χ2n) is 1.64. The normalized spacial score (nSPS) is 10.3. The fourth-order valence-electron chi connectivity index (χ4n) is 0.462. The monoisotopic (exact) mass is 277 g/mol. The summed E-state index contributed by atoms with van der Waals surface area (Å²) in [7, 11) is 0. The van der Waals surface area contributed by atoms with Crippen LogP contribution in [0.2, 0.25) is 0 Å². The Morgan fingerprint density at radius 3 is 2.00 bits per heavy atom. The Hall–Kier alpha value is -0.400. The molecule has 60 valence electrons. The van der Waals surface area contributed by atoms with Gasteiger partial charge in [0.1, 0.15) is 3.57 Å². The molecular weight excluding hydrogens is 277 g/mol. The average molecular weight is 277 g/mol. The maximum absolute atomic E-state index is 12.3. The van der Waals surface area contributed by atoms with Crippen molar-refractivity contribution in [2.45, 2.75) is 0 Å². The zero-order valence-electron chi connectivity index (χ0n) is 4.84. The molecule has 0 aliphatic carbocycles. The number of nitrogens with zero attached hydrogens (tertiary/aromatic N) is 1. The van der Waals surface area contributed by atoms with Crippen molar-refractivity contribution < 1.29 is 17.6 Å². The van der Waals surface area contributed by atoms with Gasteiger partial charge in [-0.05, 0) is 22.6 Å². The van der Waals surface area contributed by atoms with Gasteiger partial charge >= 0.3 is 0 Å². The van der Waals surface area contributed by atoms with E-state index in [1.807, 2.05) is 0 Å². The molecule has 6 heteroatoms. The Kier molecular flexibility index (Phi) is 2.31. The van der Waals surface area contributed by atoms with Gasteiger partial charge in [-0.15, -0.1) is 0 Å². The van der Waals surface area contributed by atoms with Crippen LogP contribution in [-0.2, 0) is 0 Å². The first-order valence-corrected chi connectivity index (χ1v) is 3.47. The van der Waals surface area contributed by atoms with Gasteiger partial charge in [-0.25, -0.2) is 4.39 Å². The van der Waals surface area contributed by atoms with Crippen molar-refractivity contribution in [2.24, 2.45) is 0 Å². The number of halogens is 5. The SMILES string of the molecule is Fc1nc(F)c(I)c(F)c1F. The van der Waals surface area contributed by atoms with Gasteiger partial charge in [0.25, 0.3) is 5.95 Å². The molecule has 1 rings (SSSR count). The first-order chi connectivity index (χ1) is 5.04. The minimum atomic E-state index is -1.76. The molecule has 0 N–H and O–H groups in total. The van der Waals surface area contributed by atoms with E-state index in [1.54, 1.807) is 0 Å². The third kappa shape index (κ3) is 1.44. The molecule has 1 nitrogen and oxygen atoms in total. The molecule has 0 saturated heterocycles. The Morgan fingerprint density at radius 1 is 0.909 bits per heavy atom. The predicted octanol–water partition coefficient (Wildman–Crippen LogP) is 2.24. The number of rotatable bonds is 0. The lowest BCUT2D eigenvalue weighted by Gasteiger charge is -1.97. The molecule has 0 aliphatic heterocycles. The lowest BCUT2D eigenvalue weighted by atomic mass is 10.4. The van der Waals surface area contributed by atoms with E-state index >= 15 is 0 Å². The second kappa shape index (κ2) is 2.92. The standard InChI is InChI=1S/C5F4IN/c6-1-2(7)4(8)11-5(9)3(1)10. The molecule has 0 radical (unpaired) electrons. The maximum atomic E-state index is 12.3. The predicted molar refractivity (Wildman–Crippen MR) is 36.8 cm³/mol. The number of aromatic nitrogens is 1.